The summed E-state index contributed by atoms with van der Waals surface area (Å²) >= 11 is 1.46. The van der Waals surface area contributed by atoms with E-state index in [-0.39, 0.29) is 6.61 Å². The van der Waals surface area contributed by atoms with Gasteiger partial charge in [0.15, 0.2) is 0 Å². The number of benzene rings is 1. The zero-order chi connectivity index (χ0) is 15.5. The van der Waals surface area contributed by atoms with Gasteiger partial charge in [-0.1, -0.05) is 11.3 Å². The van der Waals surface area contributed by atoms with Crippen molar-refractivity contribution in [1.82, 2.24) is 14.6 Å². The van der Waals surface area contributed by atoms with Gasteiger partial charge in [0.1, 0.15) is 10.8 Å². The largest absolute Gasteiger partial charge is 0.494 e. The molecule has 116 valence electrons. The van der Waals surface area contributed by atoms with Gasteiger partial charge in [-0.3, -0.25) is 0 Å². The third-order valence-corrected chi connectivity index (χ3v) is 4.08. The lowest BCUT2D eigenvalue weighted by Crippen LogP contribution is -1.97. The van der Waals surface area contributed by atoms with Gasteiger partial charge in [0.25, 0.3) is 0 Å². The molecule has 3 rings (SSSR count). The highest BCUT2D eigenvalue weighted by Crippen LogP contribution is 2.28. The molecule has 0 atom stereocenters. The van der Waals surface area contributed by atoms with Crippen LogP contribution in [0, 0.1) is 0 Å². The maximum absolute atomic E-state index is 9.69. The smallest absolute Gasteiger partial charge is 0.213 e. The number of rotatable bonds is 6. The Morgan fingerprint density at radius 3 is 2.68 bits per heavy atom. The molecule has 0 unspecified atom stereocenters. The fourth-order valence-corrected chi connectivity index (χ4v) is 3.14. The van der Waals surface area contributed by atoms with Crippen LogP contribution in [0.1, 0.15) is 17.6 Å². The van der Waals surface area contributed by atoms with Crippen LogP contribution in [-0.2, 0) is 18.0 Å². The van der Waals surface area contributed by atoms with E-state index < -0.39 is 0 Å². The van der Waals surface area contributed by atoms with Crippen LogP contribution < -0.4 is 4.74 Å². The molecular weight excluding hydrogens is 302 g/mol. The molecule has 1 aromatic carbocycles. The molecule has 0 amide bonds. The molecule has 22 heavy (non-hydrogen) atoms. The Labute approximate surface area is 132 Å². The van der Waals surface area contributed by atoms with Crippen LogP contribution in [0.2, 0.25) is 0 Å². The van der Waals surface area contributed by atoms with Crippen molar-refractivity contribution in [2.45, 2.75) is 20.1 Å². The first-order valence-corrected chi connectivity index (χ1v) is 7.78. The van der Waals surface area contributed by atoms with Gasteiger partial charge in [0.2, 0.25) is 4.96 Å². The third kappa shape index (κ3) is 2.70. The van der Waals surface area contributed by atoms with Crippen LogP contribution in [0.25, 0.3) is 16.2 Å². The normalized spacial score (nSPS) is 11.2. The van der Waals surface area contributed by atoms with Crippen LogP contribution in [0.3, 0.4) is 0 Å². The Morgan fingerprint density at radius 1 is 1.27 bits per heavy atom. The molecule has 6 nitrogen and oxygen atoms in total. The van der Waals surface area contributed by atoms with Gasteiger partial charge in [-0.15, -0.1) is 0 Å². The predicted octanol–water partition coefficient (Wildman–Crippen LogP) is 2.50. The quantitative estimate of drug-likeness (QED) is 0.756. The molecule has 1 N–H and O–H groups in total. The maximum Gasteiger partial charge on any atom is 0.213 e. The van der Waals surface area contributed by atoms with Crippen LogP contribution in [-0.4, -0.2) is 33.4 Å². The zero-order valence-electron chi connectivity index (χ0n) is 12.4. The van der Waals surface area contributed by atoms with Crippen LogP contribution in [0.15, 0.2) is 24.3 Å². The second-order valence-corrected chi connectivity index (χ2v) is 5.69. The molecule has 0 fully saturated rings. The lowest BCUT2D eigenvalue weighted by Gasteiger charge is -2.04. The summed E-state index contributed by atoms with van der Waals surface area (Å²) in [4.78, 5) is 5.34. The number of aliphatic hydroxyl groups is 1. The van der Waals surface area contributed by atoms with Crippen LogP contribution in [0.5, 0.6) is 5.75 Å². The second kappa shape index (κ2) is 6.43. The highest BCUT2D eigenvalue weighted by molar-refractivity contribution is 7.16. The Hall–Kier alpha value is -1.96. The Kier molecular flexibility index (Phi) is 4.37. The number of hydrogen-bond donors (Lipinski definition) is 1. The van der Waals surface area contributed by atoms with E-state index in [4.69, 9.17) is 9.47 Å². The highest BCUT2D eigenvalue weighted by Gasteiger charge is 2.17. The van der Waals surface area contributed by atoms with E-state index in [1.807, 2.05) is 31.2 Å². The Bertz CT molecular complexity index is 764. The second-order valence-electron chi connectivity index (χ2n) is 4.65. The van der Waals surface area contributed by atoms with Gasteiger partial charge < -0.3 is 14.6 Å². The fraction of sp³-hybridized carbons (Fsp3) is 0.333. The summed E-state index contributed by atoms with van der Waals surface area (Å²) in [5.74, 6) is 0.818. The minimum atomic E-state index is -0.125. The summed E-state index contributed by atoms with van der Waals surface area (Å²) in [6.07, 6.45) is 0. The molecule has 7 heteroatoms. The van der Waals surface area contributed by atoms with Crippen molar-refractivity contribution < 1.29 is 14.6 Å². The third-order valence-electron chi connectivity index (χ3n) is 3.19. The zero-order valence-corrected chi connectivity index (χ0v) is 13.3. The summed E-state index contributed by atoms with van der Waals surface area (Å²) in [5, 5.41) is 15.0. The molecule has 2 aromatic heterocycles. The SMILES string of the molecule is CCOc1ccc(-c2nc3sc(COC)nn3c2CO)cc1. The van der Waals surface area contributed by atoms with Crippen molar-refractivity contribution in [3.63, 3.8) is 0 Å². The highest BCUT2D eigenvalue weighted by atomic mass is 32.1. The van der Waals surface area contributed by atoms with E-state index in [2.05, 4.69) is 10.1 Å². The molecule has 2 heterocycles. The maximum atomic E-state index is 9.69. The number of nitrogens with zero attached hydrogens (tertiary/aromatic N) is 3. The predicted molar refractivity (Wildman–Crippen MR) is 84.1 cm³/mol. The molecule has 0 saturated carbocycles. The summed E-state index contributed by atoms with van der Waals surface area (Å²) in [6, 6.07) is 7.67. The number of hydrogen-bond acceptors (Lipinski definition) is 6. The average molecular weight is 319 g/mol. The number of fused-ring (bicyclic) bond motifs is 1. The summed E-state index contributed by atoms with van der Waals surface area (Å²) in [5.41, 5.74) is 2.35. The van der Waals surface area contributed by atoms with E-state index in [0.717, 1.165) is 27.0 Å². The van der Waals surface area contributed by atoms with Crippen molar-refractivity contribution >= 4 is 16.3 Å². The Balaban J connectivity index is 2.00. The number of imidazole rings is 1. The molecule has 0 saturated heterocycles. The van der Waals surface area contributed by atoms with E-state index in [1.165, 1.54) is 11.3 Å². The first kappa shape index (κ1) is 15.0. The molecule has 0 radical (unpaired) electrons. The van der Waals surface area contributed by atoms with Crippen molar-refractivity contribution in [3.05, 3.63) is 35.0 Å². The van der Waals surface area contributed by atoms with E-state index in [9.17, 15) is 5.11 Å². The van der Waals surface area contributed by atoms with Crippen LogP contribution >= 0.6 is 11.3 Å². The molecule has 0 bridgehead atoms. The molecule has 0 aliphatic rings. The van der Waals surface area contributed by atoms with E-state index in [0.29, 0.717) is 18.9 Å². The van der Waals surface area contributed by atoms with Gasteiger partial charge in [-0.05, 0) is 31.2 Å². The number of ether oxygens (including phenoxy) is 2. The molecule has 0 aliphatic carbocycles. The summed E-state index contributed by atoms with van der Waals surface area (Å²) in [6.45, 7) is 2.90. The van der Waals surface area contributed by atoms with Crippen LogP contribution in [0.4, 0.5) is 0 Å². The minimum absolute atomic E-state index is 0.125. The number of aliphatic hydroxyl groups excluding tert-OH is 1. The first-order chi connectivity index (χ1) is 10.8. The molecular formula is C15H17N3O3S. The van der Waals surface area contributed by atoms with Gasteiger partial charge in [0, 0.05) is 12.7 Å². The monoisotopic (exact) mass is 319 g/mol. The van der Waals surface area contributed by atoms with E-state index in [1.54, 1.807) is 11.6 Å². The summed E-state index contributed by atoms with van der Waals surface area (Å²) in [7, 11) is 1.63. The number of aromatic nitrogens is 3. The summed E-state index contributed by atoms with van der Waals surface area (Å²) < 4.78 is 12.2. The van der Waals surface area contributed by atoms with E-state index >= 15 is 0 Å². The molecule has 0 spiro atoms. The van der Waals surface area contributed by atoms with Gasteiger partial charge >= 0.3 is 0 Å². The van der Waals surface area contributed by atoms with Gasteiger partial charge in [-0.2, -0.15) is 5.10 Å². The molecule has 0 aliphatic heterocycles. The topological polar surface area (TPSA) is 68.9 Å². The first-order valence-electron chi connectivity index (χ1n) is 6.97. The standard InChI is InChI=1S/C15H17N3O3S/c1-3-21-11-6-4-10(5-7-11)14-12(8-19)18-15(16-14)22-13(17-18)9-20-2/h4-7,19H,3,8-9H2,1-2H3. The molecule has 3 aromatic rings. The van der Waals surface area contributed by atoms with Crippen molar-refractivity contribution in [1.29, 1.82) is 0 Å². The van der Waals surface area contributed by atoms with Gasteiger partial charge in [0.05, 0.1) is 31.2 Å². The van der Waals surface area contributed by atoms with Gasteiger partial charge in [-0.25, -0.2) is 9.50 Å². The minimum Gasteiger partial charge on any atom is -0.494 e. The fourth-order valence-electron chi connectivity index (χ4n) is 2.26. The van der Waals surface area contributed by atoms with Crippen molar-refractivity contribution in [3.8, 4) is 17.0 Å². The number of methoxy groups -OCH3 is 1. The lowest BCUT2D eigenvalue weighted by atomic mass is 10.1. The van der Waals surface area contributed by atoms with Crippen molar-refractivity contribution in [2.24, 2.45) is 0 Å². The van der Waals surface area contributed by atoms with Crippen molar-refractivity contribution in [2.75, 3.05) is 13.7 Å². The lowest BCUT2D eigenvalue weighted by molar-refractivity contribution is 0.183. The Morgan fingerprint density at radius 2 is 2.05 bits per heavy atom. The average Bonchev–Trinajstić information content (AvgIpc) is 3.05.